The average Bonchev–Trinajstić information content (AvgIpc) is 2.52. The van der Waals surface area contributed by atoms with E-state index in [1.54, 1.807) is 0 Å². The van der Waals surface area contributed by atoms with Crippen LogP contribution in [0.1, 0.15) is 30.0 Å². The molecule has 0 unspecified atom stereocenters. The molecule has 2 rings (SSSR count). The minimum atomic E-state index is -0.776. The van der Waals surface area contributed by atoms with Crippen LogP contribution in [0, 0.1) is 0 Å². The van der Waals surface area contributed by atoms with E-state index in [0.29, 0.717) is 6.54 Å². The number of carbonyl (C=O) groups is 1. The maximum Gasteiger partial charge on any atom is 0.309 e. The van der Waals surface area contributed by atoms with E-state index in [1.807, 2.05) is 29.1 Å². The van der Waals surface area contributed by atoms with Gasteiger partial charge in [-0.15, -0.1) is 0 Å². The topological polar surface area (TPSA) is 41.2 Å². The number of rotatable bonds is 6. The molecule has 1 aromatic heterocycles. The fourth-order valence-electron chi connectivity index (χ4n) is 2.01. The number of benzene rings is 1. The summed E-state index contributed by atoms with van der Waals surface area (Å²) < 4.78 is 1.88. The van der Waals surface area contributed by atoms with E-state index in [0.717, 1.165) is 12.0 Å². The highest BCUT2D eigenvalue weighted by Gasteiger charge is 2.03. The quantitative estimate of drug-likeness (QED) is 0.773. The average molecular weight is 318 g/mol. The zero-order valence-corrected chi connectivity index (χ0v) is 13.3. The van der Waals surface area contributed by atoms with Gasteiger partial charge < -0.3 is 17.5 Å². The Morgan fingerprint density at radius 3 is 2.09 bits per heavy atom. The fourth-order valence-corrected chi connectivity index (χ4v) is 2.01. The maximum absolute atomic E-state index is 10.5. The molecule has 0 aliphatic heterocycles. The van der Waals surface area contributed by atoms with Gasteiger partial charge in [0.2, 0.25) is 0 Å². The molecule has 1 aromatic carbocycles. The predicted octanol–water partition coefficient (Wildman–Crippen LogP) is 0.186. The highest BCUT2D eigenvalue weighted by atomic mass is 35.5. The van der Waals surface area contributed by atoms with E-state index in [1.165, 1.54) is 11.1 Å². The second-order valence-corrected chi connectivity index (χ2v) is 4.94. The zero-order chi connectivity index (χ0) is 15.1. The Bertz CT molecular complexity index is 619. The number of halogens is 1. The van der Waals surface area contributed by atoms with E-state index in [2.05, 4.69) is 43.3 Å². The van der Waals surface area contributed by atoms with Gasteiger partial charge >= 0.3 is 5.97 Å². The van der Waals surface area contributed by atoms with Crippen LogP contribution in [0.2, 0.25) is 0 Å². The second kappa shape index (κ2) is 9.00. The molecule has 1 heterocycles. The molecule has 0 aliphatic carbocycles. The van der Waals surface area contributed by atoms with Gasteiger partial charge in [0.25, 0.3) is 0 Å². The Kier molecular flexibility index (Phi) is 7.33. The molecule has 0 saturated carbocycles. The molecule has 0 atom stereocenters. The van der Waals surface area contributed by atoms with Crippen LogP contribution in [-0.4, -0.2) is 11.1 Å². The lowest BCUT2D eigenvalue weighted by molar-refractivity contribution is -0.696. The smallest absolute Gasteiger partial charge is 0.309 e. The molecule has 2 aromatic rings. The first-order valence-corrected chi connectivity index (χ1v) is 7.15. The summed E-state index contributed by atoms with van der Waals surface area (Å²) in [6.45, 7) is 2.65. The summed E-state index contributed by atoms with van der Waals surface area (Å²) in [6.07, 6.45) is 9.15. The predicted molar refractivity (Wildman–Crippen MR) is 83.6 cm³/mol. The molecule has 0 fully saturated rings. The number of nitrogens with zero attached hydrogens (tertiary/aromatic N) is 1. The van der Waals surface area contributed by atoms with Gasteiger partial charge in [0.1, 0.15) is 6.42 Å². The fraction of sp³-hybridized carbons (Fsp3) is 0.222. The largest absolute Gasteiger partial charge is 1.00 e. The van der Waals surface area contributed by atoms with E-state index in [4.69, 9.17) is 5.11 Å². The summed E-state index contributed by atoms with van der Waals surface area (Å²) in [7, 11) is 0. The third-order valence-electron chi connectivity index (χ3n) is 3.36. The Labute approximate surface area is 137 Å². The van der Waals surface area contributed by atoms with Gasteiger partial charge in [0.05, 0.1) is 0 Å². The molecule has 3 nitrogen and oxygen atoms in total. The lowest BCUT2D eigenvalue weighted by Crippen LogP contribution is -3.00. The van der Waals surface area contributed by atoms with E-state index >= 15 is 0 Å². The van der Waals surface area contributed by atoms with Crippen LogP contribution in [-0.2, 0) is 17.8 Å². The number of carboxylic acid groups (broad SMARTS) is 1. The van der Waals surface area contributed by atoms with Crippen molar-refractivity contribution in [2.75, 3.05) is 0 Å². The third-order valence-corrected chi connectivity index (χ3v) is 3.36. The number of aryl methyl sites for hydroxylation is 2. The SMILES string of the molecule is CCc1ccc(/C=C\c2cc[n+](CCC(=O)O)cc2)cc1.[Cl-]. The van der Waals surface area contributed by atoms with Crippen molar-refractivity contribution in [3.05, 3.63) is 65.5 Å². The molecular formula is C18H20ClNO2. The first-order valence-electron chi connectivity index (χ1n) is 7.15. The van der Waals surface area contributed by atoms with Crippen molar-refractivity contribution in [2.24, 2.45) is 0 Å². The summed E-state index contributed by atoms with van der Waals surface area (Å²) >= 11 is 0. The number of aromatic nitrogens is 1. The van der Waals surface area contributed by atoms with E-state index in [9.17, 15) is 4.79 Å². The Balaban J connectivity index is 0.00000242. The van der Waals surface area contributed by atoms with Crippen molar-refractivity contribution >= 4 is 18.1 Å². The lowest BCUT2D eigenvalue weighted by Gasteiger charge is -1.98. The summed E-state index contributed by atoms with van der Waals surface area (Å²) in [6, 6.07) is 12.5. The lowest BCUT2D eigenvalue weighted by atomic mass is 10.1. The van der Waals surface area contributed by atoms with Crippen molar-refractivity contribution in [3.63, 3.8) is 0 Å². The zero-order valence-electron chi connectivity index (χ0n) is 12.6. The molecular weight excluding hydrogens is 298 g/mol. The summed E-state index contributed by atoms with van der Waals surface area (Å²) in [5.41, 5.74) is 3.61. The van der Waals surface area contributed by atoms with Crippen LogP contribution in [0.5, 0.6) is 0 Å². The van der Waals surface area contributed by atoms with Gasteiger partial charge in [-0.2, -0.15) is 0 Å². The Morgan fingerprint density at radius 2 is 1.59 bits per heavy atom. The molecule has 1 N–H and O–H groups in total. The molecule has 0 spiro atoms. The molecule has 0 amide bonds. The van der Waals surface area contributed by atoms with Crippen LogP contribution >= 0.6 is 0 Å². The number of aliphatic carboxylic acids is 1. The standard InChI is InChI=1S/C18H19NO2.ClH/c1-2-15-3-5-16(6-4-15)7-8-17-9-12-19(13-10-17)14-11-18(20)21;/h3-10,12-13H,2,11,14H2,1H3;1H/b8-7-;. The highest BCUT2D eigenvalue weighted by Crippen LogP contribution is 2.09. The summed E-state index contributed by atoms with van der Waals surface area (Å²) in [4.78, 5) is 10.5. The molecule has 22 heavy (non-hydrogen) atoms. The molecule has 0 bridgehead atoms. The van der Waals surface area contributed by atoms with Crippen LogP contribution in [0.15, 0.2) is 48.8 Å². The van der Waals surface area contributed by atoms with Crippen molar-refractivity contribution in [1.29, 1.82) is 0 Å². The minimum absolute atomic E-state index is 0. The minimum Gasteiger partial charge on any atom is -1.00 e. The van der Waals surface area contributed by atoms with Gasteiger partial charge in [0.15, 0.2) is 18.9 Å². The number of hydrogen-bond acceptors (Lipinski definition) is 1. The first-order chi connectivity index (χ1) is 10.2. The van der Waals surface area contributed by atoms with Crippen LogP contribution in [0.3, 0.4) is 0 Å². The van der Waals surface area contributed by atoms with Gasteiger partial charge in [-0.3, -0.25) is 4.79 Å². The highest BCUT2D eigenvalue weighted by molar-refractivity contribution is 5.69. The van der Waals surface area contributed by atoms with E-state index in [-0.39, 0.29) is 18.8 Å². The van der Waals surface area contributed by atoms with Crippen molar-refractivity contribution in [2.45, 2.75) is 26.3 Å². The molecule has 116 valence electrons. The van der Waals surface area contributed by atoms with Gasteiger partial charge in [-0.05, 0) is 23.1 Å². The summed E-state index contributed by atoms with van der Waals surface area (Å²) in [5, 5.41) is 8.65. The Hall–Kier alpha value is -2.13. The van der Waals surface area contributed by atoms with E-state index < -0.39 is 5.97 Å². The van der Waals surface area contributed by atoms with Crippen LogP contribution < -0.4 is 17.0 Å². The molecule has 0 radical (unpaired) electrons. The van der Waals surface area contributed by atoms with Gasteiger partial charge in [0, 0.05) is 12.1 Å². The number of pyridine rings is 1. The first kappa shape index (κ1) is 17.9. The van der Waals surface area contributed by atoms with Gasteiger partial charge in [-0.1, -0.05) is 43.3 Å². The van der Waals surface area contributed by atoms with Gasteiger partial charge in [-0.25, -0.2) is 4.57 Å². The third kappa shape index (κ3) is 5.70. The molecule has 0 aliphatic rings. The summed E-state index contributed by atoms with van der Waals surface area (Å²) in [5.74, 6) is -0.776. The normalized spacial score (nSPS) is 10.4. The number of hydrogen-bond donors (Lipinski definition) is 1. The van der Waals surface area contributed by atoms with Crippen LogP contribution in [0.25, 0.3) is 12.2 Å². The maximum atomic E-state index is 10.5. The molecule has 4 heteroatoms. The van der Waals surface area contributed by atoms with Crippen molar-refractivity contribution in [3.8, 4) is 0 Å². The van der Waals surface area contributed by atoms with Crippen molar-refractivity contribution < 1.29 is 26.9 Å². The number of carboxylic acids is 1. The van der Waals surface area contributed by atoms with Crippen molar-refractivity contribution in [1.82, 2.24) is 0 Å². The Morgan fingerprint density at radius 1 is 1.05 bits per heavy atom. The van der Waals surface area contributed by atoms with Crippen LogP contribution in [0.4, 0.5) is 0 Å². The monoisotopic (exact) mass is 317 g/mol. The molecule has 0 saturated heterocycles. The second-order valence-electron chi connectivity index (χ2n) is 4.94.